The van der Waals surface area contributed by atoms with Gasteiger partial charge in [0.25, 0.3) is 0 Å². The van der Waals surface area contributed by atoms with Gasteiger partial charge in [0.2, 0.25) is 0 Å². The quantitative estimate of drug-likeness (QED) is 0.0903. The number of aromatic nitrogens is 2. The van der Waals surface area contributed by atoms with Gasteiger partial charge >= 0.3 is 21.3 Å². The number of nitrogens with two attached hydrogens (primary N) is 1. The molecule has 2 rings (SSSR count). The summed E-state index contributed by atoms with van der Waals surface area (Å²) in [5, 5.41) is 20.4. The predicted octanol–water partition coefficient (Wildman–Crippen LogP) is 4.18. The Balaban J connectivity index is 1.59. The van der Waals surface area contributed by atoms with Gasteiger partial charge in [-0.05, 0) is 12.5 Å². The maximum atomic E-state index is 12.2. The molecule has 0 bridgehead atoms. The van der Waals surface area contributed by atoms with E-state index in [9.17, 15) is 33.9 Å². The molecule has 1 fully saturated rings. The van der Waals surface area contributed by atoms with Gasteiger partial charge in [-0.3, -0.25) is 13.6 Å². The summed E-state index contributed by atoms with van der Waals surface area (Å²) in [6.07, 6.45) is 11.3. The number of hydrogen-bond donors (Lipinski definition) is 5. The smallest absolute Gasteiger partial charge is 0.387 e. The molecule has 16 heteroatoms. The fourth-order valence-electron chi connectivity index (χ4n) is 4.54. The third-order valence-electron chi connectivity index (χ3n) is 6.82. The maximum Gasteiger partial charge on any atom is 0.481 e. The van der Waals surface area contributed by atoms with E-state index >= 15 is 0 Å². The van der Waals surface area contributed by atoms with Gasteiger partial charge in [0.15, 0.2) is 6.23 Å². The maximum absolute atomic E-state index is 12.2. The van der Waals surface area contributed by atoms with Crippen molar-refractivity contribution in [3.05, 3.63) is 22.7 Å². The summed E-state index contributed by atoms with van der Waals surface area (Å²) < 4.78 is 44.3. The summed E-state index contributed by atoms with van der Waals surface area (Å²) >= 11 is 0. The second-order valence-electron chi connectivity index (χ2n) is 10.3. The van der Waals surface area contributed by atoms with Crippen LogP contribution in [0.1, 0.15) is 103 Å². The molecular weight excluding hydrogens is 580 g/mol. The standard InChI is InChI=1S/C25H47N3O11P2/c1-2-3-4-5-6-7-8-9-10-11-12-13-14-15-18-36-40(32,33)39-41(34,35)37-19-20-22(29)23(30)24(38-20)28-17-16-21(26)27-25(28)31/h16-17,20,22-24,29-30H,2-15,18-19H2,1H3,(H,32,33)(H,34,35)(H2,26,27,31)/t20-,22-,23-,24-/m0/s1. The van der Waals surface area contributed by atoms with Crippen molar-refractivity contribution in [2.24, 2.45) is 0 Å². The second kappa shape index (κ2) is 18.5. The lowest BCUT2D eigenvalue weighted by molar-refractivity contribution is -0.0542. The first-order chi connectivity index (χ1) is 19.5. The number of aliphatic hydroxyl groups is 2. The van der Waals surface area contributed by atoms with Gasteiger partial charge in [0, 0.05) is 6.20 Å². The number of anilines is 1. The minimum absolute atomic E-state index is 0.0578. The van der Waals surface area contributed by atoms with Crippen molar-refractivity contribution in [3.63, 3.8) is 0 Å². The van der Waals surface area contributed by atoms with E-state index < -0.39 is 52.5 Å². The molecule has 1 aliphatic rings. The average molecular weight is 628 g/mol. The number of phosphoric acid groups is 2. The molecule has 0 spiro atoms. The van der Waals surface area contributed by atoms with Crippen molar-refractivity contribution in [3.8, 4) is 0 Å². The van der Waals surface area contributed by atoms with E-state index in [-0.39, 0.29) is 12.4 Å². The van der Waals surface area contributed by atoms with Crippen LogP contribution in [-0.2, 0) is 27.2 Å². The topological polar surface area (TPSA) is 213 Å². The molecule has 6 N–H and O–H groups in total. The number of ether oxygens (including phenoxy) is 1. The Hall–Kier alpha value is -1.18. The van der Waals surface area contributed by atoms with E-state index in [1.54, 1.807) is 0 Å². The van der Waals surface area contributed by atoms with E-state index in [2.05, 4.69) is 20.7 Å². The molecule has 0 saturated carbocycles. The third-order valence-corrected chi connectivity index (χ3v) is 9.46. The molecule has 1 saturated heterocycles. The molecule has 2 heterocycles. The molecule has 0 aromatic carbocycles. The van der Waals surface area contributed by atoms with Gasteiger partial charge in [0.05, 0.1) is 13.2 Å². The van der Waals surface area contributed by atoms with Gasteiger partial charge in [-0.25, -0.2) is 13.9 Å². The Kier molecular flexibility index (Phi) is 16.2. The summed E-state index contributed by atoms with van der Waals surface area (Å²) in [4.78, 5) is 35.2. The highest BCUT2D eigenvalue weighted by Gasteiger charge is 2.46. The van der Waals surface area contributed by atoms with Gasteiger partial charge < -0.3 is 30.5 Å². The molecule has 41 heavy (non-hydrogen) atoms. The van der Waals surface area contributed by atoms with Crippen molar-refractivity contribution < 1.29 is 47.2 Å². The lowest BCUT2D eigenvalue weighted by atomic mass is 10.0. The number of rotatable bonds is 22. The van der Waals surface area contributed by atoms with E-state index in [0.717, 1.165) is 30.3 Å². The Morgan fingerprint density at radius 3 is 1.93 bits per heavy atom. The van der Waals surface area contributed by atoms with Crippen LogP contribution >= 0.6 is 15.6 Å². The van der Waals surface area contributed by atoms with Crippen LogP contribution in [0.25, 0.3) is 0 Å². The summed E-state index contributed by atoms with van der Waals surface area (Å²) in [5.41, 5.74) is 4.58. The van der Waals surface area contributed by atoms with E-state index in [1.807, 2.05) is 0 Å². The van der Waals surface area contributed by atoms with E-state index in [1.165, 1.54) is 70.1 Å². The molecular formula is C25H47N3O11P2. The average Bonchev–Trinajstić information content (AvgIpc) is 3.17. The Morgan fingerprint density at radius 1 is 0.878 bits per heavy atom. The Morgan fingerprint density at radius 2 is 1.39 bits per heavy atom. The van der Waals surface area contributed by atoms with Crippen LogP contribution < -0.4 is 11.4 Å². The van der Waals surface area contributed by atoms with Gasteiger partial charge in [0.1, 0.15) is 24.1 Å². The van der Waals surface area contributed by atoms with Gasteiger partial charge in [-0.2, -0.15) is 9.29 Å². The Bertz CT molecular complexity index is 1040. The fraction of sp³-hybridized carbons (Fsp3) is 0.840. The molecule has 1 aromatic heterocycles. The molecule has 0 amide bonds. The van der Waals surface area contributed by atoms with Crippen LogP contribution in [0.4, 0.5) is 5.82 Å². The van der Waals surface area contributed by atoms with Crippen LogP contribution in [0.3, 0.4) is 0 Å². The first-order valence-electron chi connectivity index (χ1n) is 14.5. The van der Waals surface area contributed by atoms with Crippen molar-refractivity contribution >= 4 is 21.5 Å². The summed E-state index contributed by atoms with van der Waals surface area (Å²) in [7, 11) is -10.0. The second-order valence-corrected chi connectivity index (χ2v) is 13.4. The molecule has 1 aromatic rings. The molecule has 14 nitrogen and oxygen atoms in total. The summed E-state index contributed by atoms with van der Waals surface area (Å²) in [5.74, 6) is -0.0578. The lowest BCUT2D eigenvalue weighted by Gasteiger charge is -2.19. The normalized spacial score (nSPS) is 23.8. The van der Waals surface area contributed by atoms with Gasteiger partial charge in [-0.15, -0.1) is 0 Å². The minimum atomic E-state index is -5.12. The van der Waals surface area contributed by atoms with Crippen molar-refractivity contribution in [1.29, 1.82) is 0 Å². The monoisotopic (exact) mass is 627 g/mol. The highest BCUT2D eigenvalue weighted by atomic mass is 31.3. The number of unbranched alkanes of at least 4 members (excludes halogenated alkanes) is 13. The highest BCUT2D eigenvalue weighted by Crippen LogP contribution is 2.60. The lowest BCUT2D eigenvalue weighted by Crippen LogP contribution is -2.36. The minimum Gasteiger partial charge on any atom is -0.387 e. The SMILES string of the molecule is CCCCCCCCCCCCCCCCOP(=O)(O)OP(=O)(O)OC[C@@H]1O[C@H](n2ccc(N)nc2=O)[C@@H](O)[C@H]1O. The fourth-order valence-corrected chi connectivity index (χ4v) is 6.65. The number of nitrogen functional groups attached to an aromatic ring is 1. The summed E-state index contributed by atoms with van der Waals surface area (Å²) in [6, 6.07) is 1.28. The molecule has 6 atom stereocenters. The van der Waals surface area contributed by atoms with E-state index in [4.69, 9.17) is 15.0 Å². The van der Waals surface area contributed by atoms with Gasteiger partial charge in [-0.1, -0.05) is 90.4 Å². The summed E-state index contributed by atoms with van der Waals surface area (Å²) in [6.45, 7) is 1.27. The molecule has 0 aliphatic carbocycles. The van der Waals surface area contributed by atoms with Crippen LogP contribution in [0.15, 0.2) is 17.1 Å². The van der Waals surface area contributed by atoms with Crippen LogP contribution in [0.2, 0.25) is 0 Å². The number of phosphoric ester groups is 2. The van der Waals surface area contributed by atoms with Crippen molar-refractivity contribution in [2.45, 2.75) is 121 Å². The number of aliphatic hydroxyl groups excluding tert-OH is 2. The molecule has 238 valence electrons. The zero-order chi connectivity index (χ0) is 30.3. The predicted molar refractivity (Wildman–Crippen MR) is 152 cm³/mol. The number of nitrogens with zero attached hydrogens (tertiary/aromatic N) is 2. The first-order valence-corrected chi connectivity index (χ1v) is 17.5. The first kappa shape index (κ1) is 36.0. The van der Waals surface area contributed by atoms with Crippen LogP contribution in [0.5, 0.6) is 0 Å². The third kappa shape index (κ3) is 13.8. The molecule has 1 aliphatic heterocycles. The zero-order valence-corrected chi connectivity index (χ0v) is 25.6. The largest absolute Gasteiger partial charge is 0.481 e. The van der Waals surface area contributed by atoms with E-state index in [0.29, 0.717) is 6.42 Å². The number of hydrogen-bond acceptors (Lipinski definition) is 11. The van der Waals surface area contributed by atoms with Crippen LogP contribution in [0, 0.1) is 0 Å². The van der Waals surface area contributed by atoms with Crippen molar-refractivity contribution in [1.82, 2.24) is 9.55 Å². The highest BCUT2D eigenvalue weighted by molar-refractivity contribution is 7.61. The molecule has 2 unspecified atom stereocenters. The van der Waals surface area contributed by atoms with Crippen LogP contribution in [-0.4, -0.2) is 61.1 Å². The zero-order valence-electron chi connectivity index (χ0n) is 23.8. The van der Waals surface area contributed by atoms with Crippen molar-refractivity contribution in [2.75, 3.05) is 18.9 Å². The Labute approximate surface area is 241 Å². The molecule has 0 radical (unpaired) electrons.